The van der Waals surface area contributed by atoms with Gasteiger partial charge in [0.1, 0.15) is 0 Å². The van der Waals surface area contributed by atoms with Crippen molar-refractivity contribution in [2.75, 3.05) is 37.7 Å². The van der Waals surface area contributed by atoms with E-state index in [1.807, 2.05) is 28.5 Å². The average molecular weight is 337 g/mol. The Kier molecular flexibility index (Phi) is 5.98. The third-order valence-electron chi connectivity index (χ3n) is 4.48. The largest absolute Gasteiger partial charge is 0.338 e. The zero-order valence-corrected chi connectivity index (χ0v) is 14.6. The Morgan fingerprint density at radius 1 is 1.18 bits per heavy atom. The van der Waals surface area contributed by atoms with Gasteiger partial charge in [-0.15, -0.1) is 11.3 Å². The highest BCUT2D eigenvalue weighted by atomic mass is 32.2. The fraction of sp³-hybridized carbons (Fsp3) is 0.588. The number of thioether (sulfide) groups is 1. The van der Waals surface area contributed by atoms with E-state index < -0.39 is 0 Å². The van der Waals surface area contributed by atoms with E-state index in [9.17, 15) is 4.79 Å². The zero-order chi connectivity index (χ0) is 15.2. The highest BCUT2D eigenvalue weighted by Gasteiger charge is 2.24. The Hall–Kier alpha value is -0.780. The van der Waals surface area contributed by atoms with Crippen molar-refractivity contribution < 1.29 is 4.79 Å². The molecule has 2 saturated heterocycles. The van der Waals surface area contributed by atoms with E-state index in [4.69, 9.17) is 0 Å². The molecule has 3 nitrogen and oxygen atoms in total. The Morgan fingerprint density at radius 3 is 2.82 bits per heavy atom. The minimum absolute atomic E-state index is 0.162. The molecule has 1 aromatic heterocycles. The number of nitrogens with zero attached hydrogens (tertiary/aromatic N) is 2. The van der Waals surface area contributed by atoms with Gasteiger partial charge in [0.15, 0.2) is 0 Å². The van der Waals surface area contributed by atoms with Crippen molar-refractivity contribution >= 4 is 35.1 Å². The highest BCUT2D eigenvalue weighted by molar-refractivity contribution is 7.99. The maximum absolute atomic E-state index is 12.4. The first kappa shape index (κ1) is 16.1. The van der Waals surface area contributed by atoms with Crippen LogP contribution in [0.4, 0.5) is 0 Å². The van der Waals surface area contributed by atoms with E-state index in [-0.39, 0.29) is 5.91 Å². The van der Waals surface area contributed by atoms with Gasteiger partial charge in [0.05, 0.1) is 0 Å². The van der Waals surface area contributed by atoms with Crippen molar-refractivity contribution in [2.45, 2.75) is 25.3 Å². The van der Waals surface area contributed by atoms with Crippen molar-refractivity contribution in [1.29, 1.82) is 0 Å². The minimum atomic E-state index is 0.162. The van der Waals surface area contributed by atoms with E-state index >= 15 is 0 Å². The normalized spacial score (nSPS) is 22.1. The Bertz CT molecular complexity index is 495. The number of hydrogen-bond donors (Lipinski definition) is 0. The maximum atomic E-state index is 12.4. The van der Waals surface area contributed by atoms with Crippen LogP contribution in [0.3, 0.4) is 0 Å². The summed E-state index contributed by atoms with van der Waals surface area (Å²) in [4.78, 5) is 18.1. The van der Waals surface area contributed by atoms with E-state index in [2.05, 4.69) is 16.7 Å². The van der Waals surface area contributed by atoms with Crippen molar-refractivity contribution in [3.8, 4) is 0 Å². The summed E-state index contributed by atoms with van der Waals surface area (Å²) in [6, 6.07) is 4.80. The van der Waals surface area contributed by atoms with Crippen LogP contribution in [0.1, 0.15) is 24.1 Å². The molecular weight excluding hydrogens is 312 g/mol. The van der Waals surface area contributed by atoms with E-state index in [1.165, 1.54) is 24.3 Å². The van der Waals surface area contributed by atoms with E-state index in [0.29, 0.717) is 0 Å². The second kappa shape index (κ2) is 8.18. The summed E-state index contributed by atoms with van der Waals surface area (Å²) in [5.74, 6) is 2.76. The van der Waals surface area contributed by atoms with E-state index in [1.54, 1.807) is 17.4 Å². The Balaban J connectivity index is 1.52. The molecule has 0 unspecified atom stereocenters. The summed E-state index contributed by atoms with van der Waals surface area (Å²) in [6.45, 7) is 3.95. The van der Waals surface area contributed by atoms with Gasteiger partial charge in [-0.1, -0.05) is 6.07 Å². The molecule has 5 heteroatoms. The first-order valence-corrected chi connectivity index (χ1v) is 10.2. The second-order valence-electron chi connectivity index (χ2n) is 5.91. The van der Waals surface area contributed by atoms with Crippen molar-refractivity contribution in [1.82, 2.24) is 9.80 Å². The fourth-order valence-electron chi connectivity index (χ4n) is 3.22. The Morgan fingerprint density at radius 2 is 2.05 bits per heavy atom. The van der Waals surface area contributed by atoms with E-state index in [0.717, 1.165) is 43.5 Å². The summed E-state index contributed by atoms with van der Waals surface area (Å²) in [5.41, 5.74) is 0. The topological polar surface area (TPSA) is 23.6 Å². The molecule has 0 bridgehead atoms. The summed E-state index contributed by atoms with van der Waals surface area (Å²) < 4.78 is 0. The SMILES string of the molecule is O=C(C=Cc1cccs1)N1CCCN(C2CCSCC2)CC1. The van der Waals surface area contributed by atoms with Crippen LogP contribution in [0, 0.1) is 0 Å². The van der Waals surface area contributed by atoms with Crippen molar-refractivity contribution in [3.05, 3.63) is 28.5 Å². The predicted octanol–water partition coefficient (Wildman–Crippen LogP) is 3.19. The zero-order valence-electron chi connectivity index (χ0n) is 12.9. The van der Waals surface area contributed by atoms with Crippen LogP contribution in [0.2, 0.25) is 0 Å². The maximum Gasteiger partial charge on any atom is 0.246 e. The van der Waals surface area contributed by atoms with Crippen molar-refractivity contribution in [3.63, 3.8) is 0 Å². The standard InChI is InChI=1S/C17H24N2OS2/c20-17(5-4-16-3-1-12-22-16)19-9-2-8-18(10-11-19)15-6-13-21-14-7-15/h1,3-5,12,15H,2,6-11,13-14H2. The highest BCUT2D eigenvalue weighted by Crippen LogP contribution is 2.22. The molecule has 2 fully saturated rings. The summed E-state index contributed by atoms with van der Waals surface area (Å²) in [7, 11) is 0. The number of amides is 1. The van der Waals surface area contributed by atoms with Gasteiger partial charge in [-0.05, 0) is 48.3 Å². The molecule has 0 saturated carbocycles. The first-order chi connectivity index (χ1) is 10.8. The molecule has 2 aliphatic heterocycles. The predicted molar refractivity (Wildman–Crippen MR) is 96.5 cm³/mol. The van der Waals surface area contributed by atoms with Gasteiger partial charge in [-0.2, -0.15) is 11.8 Å². The molecule has 3 heterocycles. The molecule has 2 aliphatic rings. The van der Waals surface area contributed by atoms with Gasteiger partial charge >= 0.3 is 0 Å². The minimum Gasteiger partial charge on any atom is -0.338 e. The second-order valence-corrected chi connectivity index (χ2v) is 8.11. The van der Waals surface area contributed by atoms with Crippen molar-refractivity contribution in [2.24, 2.45) is 0 Å². The Labute approximate surface area is 141 Å². The third-order valence-corrected chi connectivity index (χ3v) is 6.37. The van der Waals surface area contributed by atoms with Crippen LogP contribution in [0.5, 0.6) is 0 Å². The summed E-state index contributed by atoms with van der Waals surface area (Å²) in [6.07, 6.45) is 7.41. The number of hydrogen-bond acceptors (Lipinski definition) is 4. The quantitative estimate of drug-likeness (QED) is 0.792. The molecular formula is C17H24N2OS2. The summed E-state index contributed by atoms with van der Waals surface area (Å²) in [5, 5.41) is 2.04. The van der Waals surface area contributed by atoms with Gasteiger partial charge < -0.3 is 4.90 Å². The van der Waals surface area contributed by atoms with Crippen LogP contribution in [0.15, 0.2) is 23.6 Å². The van der Waals surface area contributed by atoms with Crippen LogP contribution in [-0.4, -0.2) is 59.4 Å². The number of thiophene rings is 1. The van der Waals surface area contributed by atoms with Gasteiger partial charge in [0.25, 0.3) is 0 Å². The van der Waals surface area contributed by atoms with Crippen LogP contribution >= 0.6 is 23.1 Å². The summed E-state index contributed by atoms with van der Waals surface area (Å²) >= 11 is 3.75. The molecule has 0 radical (unpaired) electrons. The van der Waals surface area contributed by atoms with Crippen LogP contribution < -0.4 is 0 Å². The molecule has 1 aromatic rings. The molecule has 1 amide bonds. The first-order valence-electron chi connectivity index (χ1n) is 8.15. The van der Waals surface area contributed by atoms with Gasteiger partial charge in [-0.3, -0.25) is 9.69 Å². The van der Waals surface area contributed by atoms with Crippen LogP contribution in [0.25, 0.3) is 6.08 Å². The number of carbonyl (C=O) groups is 1. The number of carbonyl (C=O) groups excluding carboxylic acids is 1. The molecule has 0 spiro atoms. The lowest BCUT2D eigenvalue weighted by Crippen LogP contribution is -2.41. The molecule has 22 heavy (non-hydrogen) atoms. The number of rotatable bonds is 3. The molecule has 0 aliphatic carbocycles. The monoisotopic (exact) mass is 336 g/mol. The van der Waals surface area contributed by atoms with Crippen LogP contribution in [-0.2, 0) is 4.79 Å². The lowest BCUT2D eigenvalue weighted by atomic mass is 10.1. The average Bonchev–Trinajstić information content (AvgIpc) is 2.96. The van der Waals surface area contributed by atoms with Gasteiger partial charge in [0, 0.05) is 43.2 Å². The molecule has 0 aromatic carbocycles. The van der Waals surface area contributed by atoms with Gasteiger partial charge in [0.2, 0.25) is 5.91 Å². The lowest BCUT2D eigenvalue weighted by Gasteiger charge is -2.33. The third kappa shape index (κ3) is 4.37. The molecule has 120 valence electrons. The fourth-order valence-corrected chi connectivity index (χ4v) is 4.92. The molecule has 0 N–H and O–H groups in total. The van der Waals surface area contributed by atoms with Gasteiger partial charge in [-0.25, -0.2) is 0 Å². The lowest BCUT2D eigenvalue weighted by molar-refractivity contribution is -0.125. The molecule has 0 atom stereocenters. The smallest absolute Gasteiger partial charge is 0.246 e. The molecule has 3 rings (SSSR count).